The van der Waals surface area contributed by atoms with E-state index in [-0.39, 0.29) is 19.0 Å². The molecule has 42 heavy (non-hydrogen) atoms. The summed E-state index contributed by atoms with van der Waals surface area (Å²) in [5, 5.41) is 2.47. The number of nitrogens with zero attached hydrogens (tertiary/aromatic N) is 3. The molecule has 1 spiro atoms. The molecule has 5 aromatic rings. The van der Waals surface area contributed by atoms with Gasteiger partial charge in [0.1, 0.15) is 18.2 Å². The van der Waals surface area contributed by atoms with Crippen molar-refractivity contribution in [3.63, 3.8) is 0 Å². The summed E-state index contributed by atoms with van der Waals surface area (Å²) in [6, 6.07) is 20.4. The number of amides is 2. The lowest BCUT2D eigenvalue weighted by Crippen LogP contribution is -2.42. The molecular weight excluding hydrogens is 536 g/mol. The fraction of sp³-hybridized carbons (Fsp3) is 0.290. The summed E-state index contributed by atoms with van der Waals surface area (Å²) < 4.78 is 16.4. The molecule has 1 atom stereocenters. The fourth-order valence-corrected chi connectivity index (χ4v) is 5.91. The van der Waals surface area contributed by atoms with Crippen molar-refractivity contribution < 1.29 is 23.8 Å². The number of fused-ring (bicyclic) bond motifs is 2. The Balaban J connectivity index is 1.14. The average molecular weight is 567 g/mol. The van der Waals surface area contributed by atoms with Crippen LogP contribution in [0, 0.1) is 6.92 Å². The SMILES string of the molecule is COC(=O)NCC(=O)N1CC2(CC1c1nc3ccc(-c4ccc(-c5ccc6nc(C)[nH]c6c5)cc4)cc3[nH]1)OCCO2. The number of carbonyl (C=O) groups excluding carboxylic acids is 2. The number of hydrogen-bond acceptors (Lipinski definition) is 7. The Morgan fingerprint density at radius 1 is 0.929 bits per heavy atom. The summed E-state index contributed by atoms with van der Waals surface area (Å²) in [4.78, 5) is 42.4. The number of aryl methyl sites for hydroxylation is 1. The molecule has 3 N–H and O–H groups in total. The summed E-state index contributed by atoms with van der Waals surface area (Å²) in [5.41, 5.74) is 8.00. The number of ether oxygens (including phenoxy) is 3. The predicted molar refractivity (Wildman–Crippen MR) is 155 cm³/mol. The molecule has 0 saturated carbocycles. The van der Waals surface area contributed by atoms with E-state index in [1.807, 2.05) is 25.1 Å². The monoisotopic (exact) mass is 566 g/mol. The maximum atomic E-state index is 13.1. The molecule has 3 aromatic carbocycles. The van der Waals surface area contributed by atoms with Crippen LogP contribution in [0.2, 0.25) is 0 Å². The number of benzene rings is 3. The van der Waals surface area contributed by atoms with Crippen LogP contribution in [-0.2, 0) is 19.0 Å². The maximum absolute atomic E-state index is 13.1. The van der Waals surface area contributed by atoms with E-state index in [0.717, 1.165) is 50.1 Å². The Kier molecular flexibility index (Phi) is 6.40. The third kappa shape index (κ3) is 4.76. The van der Waals surface area contributed by atoms with E-state index in [1.54, 1.807) is 4.90 Å². The Labute approximate surface area is 241 Å². The van der Waals surface area contributed by atoms with Gasteiger partial charge in [0.25, 0.3) is 0 Å². The Hall–Kier alpha value is -4.74. The van der Waals surface area contributed by atoms with Crippen LogP contribution >= 0.6 is 0 Å². The highest BCUT2D eigenvalue weighted by atomic mass is 16.7. The maximum Gasteiger partial charge on any atom is 0.407 e. The van der Waals surface area contributed by atoms with Gasteiger partial charge in [0.2, 0.25) is 5.91 Å². The molecule has 7 rings (SSSR count). The fourth-order valence-electron chi connectivity index (χ4n) is 5.91. The zero-order valence-electron chi connectivity index (χ0n) is 23.3. The minimum absolute atomic E-state index is 0.199. The summed E-state index contributed by atoms with van der Waals surface area (Å²) in [7, 11) is 1.26. The van der Waals surface area contributed by atoms with Gasteiger partial charge < -0.3 is 34.4 Å². The van der Waals surface area contributed by atoms with E-state index in [2.05, 4.69) is 67.5 Å². The summed E-state index contributed by atoms with van der Waals surface area (Å²) in [6.45, 7) is 2.94. The lowest BCUT2D eigenvalue weighted by atomic mass is 10.00. The summed E-state index contributed by atoms with van der Waals surface area (Å²) >= 11 is 0. The van der Waals surface area contributed by atoms with Crippen molar-refractivity contribution in [2.24, 2.45) is 0 Å². The highest BCUT2D eigenvalue weighted by Crippen LogP contribution is 2.42. The third-order valence-corrected chi connectivity index (χ3v) is 7.96. The van der Waals surface area contributed by atoms with E-state index in [1.165, 1.54) is 7.11 Å². The van der Waals surface area contributed by atoms with Gasteiger partial charge in [-0.25, -0.2) is 14.8 Å². The number of rotatable bonds is 5. The molecule has 2 fully saturated rings. The van der Waals surface area contributed by atoms with Crippen molar-refractivity contribution in [3.05, 3.63) is 72.3 Å². The molecule has 11 nitrogen and oxygen atoms in total. The zero-order chi connectivity index (χ0) is 28.8. The van der Waals surface area contributed by atoms with Gasteiger partial charge >= 0.3 is 6.09 Å². The Bertz CT molecular complexity index is 1800. The molecular formula is C31H30N6O5. The molecule has 1 unspecified atom stereocenters. The van der Waals surface area contributed by atoms with E-state index >= 15 is 0 Å². The second kappa shape index (κ2) is 10.3. The highest BCUT2D eigenvalue weighted by Gasteiger charge is 2.51. The first-order valence-corrected chi connectivity index (χ1v) is 13.9. The van der Waals surface area contributed by atoms with Gasteiger partial charge in [-0.1, -0.05) is 36.4 Å². The number of methoxy groups -OCH3 is 1. The first kappa shape index (κ1) is 26.2. The topological polar surface area (TPSA) is 134 Å². The minimum Gasteiger partial charge on any atom is -0.453 e. The second-order valence-electron chi connectivity index (χ2n) is 10.7. The number of aromatic amines is 2. The van der Waals surface area contributed by atoms with Gasteiger partial charge in [-0.2, -0.15) is 0 Å². The molecule has 2 aliphatic heterocycles. The molecule has 214 valence electrons. The highest BCUT2D eigenvalue weighted by molar-refractivity contribution is 5.85. The van der Waals surface area contributed by atoms with Crippen LogP contribution in [0.1, 0.15) is 24.1 Å². The lowest BCUT2D eigenvalue weighted by molar-refractivity contribution is -0.152. The quantitative estimate of drug-likeness (QED) is 0.286. The number of carbonyl (C=O) groups is 2. The van der Waals surface area contributed by atoms with Crippen LogP contribution in [0.25, 0.3) is 44.3 Å². The Morgan fingerprint density at radius 3 is 2.17 bits per heavy atom. The minimum atomic E-state index is -0.877. The predicted octanol–water partition coefficient (Wildman–Crippen LogP) is 4.45. The molecule has 2 aromatic heterocycles. The summed E-state index contributed by atoms with van der Waals surface area (Å²) in [6.07, 6.45) is -0.227. The first-order valence-electron chi connectivity index (χ1n) is 13.9. The molecule has 4 heterocycles. The standard InChI is InChI=1S/C31H30N6O5/c1-18-33-23-9-7-21(13-25(23)34-18)19-3-5-20(6-4-19)22-8-10-24-26(14-22)36-29(35-24)27-15-31(41-11-12-42-31)17-37(27)28(38)16-32-30(39)40-2/h3-10,13-14,27H,11-12,15-17H2,1-2H3,(H,32,39)(H,33,34)(H,35,36). The molecule has 0 bridgehead atoms. The third-order valence-electron chi connectivity index (χ3n) is 7.96. The van der Waals surface area contributed by atoms with Gasteiger partial charge in [0.05, 0.1) is 55.0 Å². The van der Waals surface area contributed by atoms with Gasteiger partial charge in [0.15, 0.2) is 5.79 Å². The van der Waals surface area contributed by atoms with Crippen LogP contribution < -0.4 is 5.32 Å². The van der Waals surface area contributed by atoms with E-state index in [0.29, 0.717) is 25.5 Å². The molecule has 0 radical (unpaired) electrons. The molecule has 11 heteroatoms. The van der Waals surface area contributed by atoms with Gasteiger partial charge in [-0.3, -0.25) is 4.79 Å². The van der Waals surface area contributed by atoms with Crippen molar-refractivity contribution in [1.29, 1.82) is 0 Å². The lowest BCUT2D eigenvalue weighted by Gasteiger charge is -2.23. The zero-order valence-corrected chi connectivity index (χ0v) is 23.3. The molecule has 2 amide bonds. The van der Waals surface area contributed by atoms with Gasteiger partial charge in [-0.05, 0) is 53.4 Å². The van der Waals surface area contributed by atoms with Crippen LogP contribution in [0.4, 0.5) is 4.79 Å². The van der Waals surface area contributed by atoms with Crippen molar-refractivity contribution in [2.75, 3.05) is 33.4 Å². The number of alkyl carbamates (subject to hydrolysis) is 1. The largest absolute Gasteiger partial charge is 0.453 e. The number of aromatic nitrogens is 4. The van der Waals surface area contributed by atoms with Crippen molar-refractivity contribution in [2.45, 2.75) is 25.2 Å². The smallest absolute Gasteiger partial charge is 0.407 e. The average Bonchev–Trinajstić information content (AvgIpc) is 3.80. The summed E-state index contributed by atoms with van der Waals surface area (Å²) in [5.74, 6) is 0.393. The van der Waals surface area contributed by atoms with Crippen molar-refractivity contribution in [1.82, 2.24) is 30.2 Å². The normalized spacial score (nSPS) is 17.9. The van der Waals surface area contributed by atoms with Gasteiger partial charge in [0, 0.05) is 6.42 Å². The van der Waals surface area contributed by atoms with E-state index in [9.17, 15) is 9.59 Å². The number of H-pyrrole nitrogens is 2. The van der Waals surface area contributed by atoms with Crippen molar-refractivity contribution in [3.8, 4) is 22.3 Å². The second-order valence-corrected chi connectivity index (χ2v) is 10.7. The van der Waals surface area contributed by atoms with Crippen LogP contribution in [-0.4, -0.2) is 76.0 Å². The Morgan fingerprint density at radius 2 is 1.52 bits per heavy atom. The first-order chi connectivity index (χ1) is 20.4. The van der Waals surface area contributed by atoms with Crippen molar-refractivity contribution >= 4 is 34.1 Å². The molecule has 0 aliphatic carbocycles. The van der Waals surface area contributed by atoms with Crippen LogP contribution in [0.15, 0.2) is 60.7 Å². The van der Waals surface area contributed by atoms with Crippen LogP contribution in [0.3, 0.4) is 0 Å². The number of nitrogens with one attached hydrogen (secondary N) is 3. The molecule has 2 saturated heterocycles. The van der Waals surface area contributed by atoms with Gasteiger partial charge in [-0.15, -0.1) is 0 Å². The number of imidazole rings is 2. The number of likely N-dealkylation sites (tertiary alicyclic amines) is 1. The molecule has 2 aliphatic rings. The van der Waals surface area contributed by atoms with E-state index in [4.69, 9.17) is 14.5 Å². The van der Waals surface area contributed by atoms with E-state index < -0.39 is 17.9 Å². The number of hydrogen-bond donors (Lipinski definition) is 3. The van der Waals surface area contributed by atoms with Crippen LogP contribution in [0.5, 0.6) is 0 Å².